The lowest BCUT2D eigenvalue weighted by Gasteiger charge is -2.41. The molecular weight excluding hydrogens is 224 g/mol. The number of hydrogen-bond acceptors (Lipinski definition) is 2. The molecule has 0 aliphatic carbocycles. The molecule has 1 N–H and O–H groups in total. The predicted octanol–water partition coefficient (Wildman–Crippen LogP) is 1.99. The van der Waals surface area contributed by atoms with E-state index in [1.54, 1.807) is 6.92 Å². The molecule has 94 valence electrons. The summed E-state index contributed by atoms with van der Waals surface area (Å²) in [6.07, 6.45) is 2.04. The number of nitrogens with zero attached hydrogens (tertiary/aromatic N) is 1. The molecule has 1 heterocycles. The van der Waals surface area contributed by atoms with Gasteiger partial charge in [-0.2, -0.15) is 0 Å². The molecular formula is C12H23ClN2O. The summed E-state index contributed by atoms with van der Waals surface area (Å²) in [7, 11) is 0. The Morgan fingerprint density at radius 1 is 1.38 bits per heavy atom. The molecule has 0 radical (unpaired) electrons. The van der Waals surface area contributed by atoms with Crippen LogP contribution in [0.15, 0.2) is 0 Å². The number of piperidine rings is 1. The van der Waals surface area contributed by atoms with Gasteiger partial charge < -0.3 is 5.32 Å². The topological polar surface area (TPSA) is 32.3 Å². The monoisotopic (exact) mass is 246 g/mol. The second-order valence-electron chi connectivity index (χ2n) is 5.56. The average Bonchev–Trinajstić information content (AvgIpc) is 2.17. The Labute approximate surface area is 104 Å². The minimum Gasteiger partial charge on any atom is -0.352 e. The van der Waals surface area contributed by atoms with Crippen LogP contribution in [-0.4, -0.2) is 40.9 Å². The van der Waals surface area contributed by atoms with Gasteiger partial charge in [-0.25, -0.2) is 0 Å². The van der Waals surface area contributed by atoms with Crippen molar-refractivity contribution in [3.05, 3.63) is 0 Å². The van der Waals surface area contributed by atoms with E-state index >= 15 is 0 Å². The van der Waals surface area contributed by atoms with Gasteiger partial charge in [-0.15, -0.1) is 11.6 Å². The van der Waals surface area contributed by atoms with Crippen LogP contribution in [0.5, 0.6) is 0 Å². The molecule has 0 saturated carbocycles. The number of hydrogen-bond donors (Lipinski definition) is 1. The molecule has 1 fully saturated rings. The van der Waals surface area contributed by atoms with Gasteiger partial charge in [0.15, 0.2) is 0 Å². The van der Waals surface area contributed by atoms with Crippen LogP contribution in [0.4, 0.5) is 0 Å². The number of rotatable bonds is 2. The molecule has 1 unspecified atom stereocenters. The van der Waals surface area contributed by atoms with Crippen LogP contribution in [0.3, 0.4) is 0 Å². The molecule has 1 aliphatic rings. The summed E-state index contributed by atoms with van der Waals surface area (Å²) >= 11 is 5.73. The summed E-state index contributed by atoms with van der Waals surface area (Å²) in [5.41, 5.74) is 0.231. The van der Waals surface area contributed by atoms with E-state index in [4.69, 9.17) is 11.6 Å². The van der Waals surface area contributed by atoms with E-state index in [2.05, 4.69) is 31.0 Å². The van der Waals surface area contributed by atoms with Crippen molar-refractivity contribution in [1.82, 2.24) is 10.2 Å². The van der Waals surface area contributed by atoms with Gasteiger partial charge in [0, 0.05) is 24.7 Å². The summed E-state index contributed by atoms with van der Waals surface area (Å²) in [5.74, 6) is -0.0455. The number of alkyl halides is 1. The number of carbonyl (C=O) groups is 1. The van der Waals surface area contributed by atoms with Gasteiger partial charge in [0.2, 0.25) is 5.91 Å². The standard InChI is InChI=1S/C12H23ClN2O/c1-9(13)11(16)14-10-5-7-15(8-6-10)12(2,3)4/h9-10H,5-8H2,1-4H3,(H,14,16). The Kier molecular flexibility index (Phi) is 4.62. The molecule has 1 amide bonds. The van der Waals surface area contributed by atoms with Crippen molar-refractivity contribution in [3.63, 3.8) is 0 Å². The molecule has 0 spiro atoms. The normalized spacial score (nSPS) is 21.8. The lowest BCUT2D eigenvalue weighted by Crippen LogP contribution is -2.51. The second kappa shape index (κ2) is 5.37. The van der Waals surface area contributed by atoms with E-state index in [1.165, 1.54) is 0 Å². The van der Waals surface area contributed by atoms with Crippen LogP contribution in [0.1, 0.15) is 40.5 Å². The van der Waals surface area contributed by atoms with E-state index < -0.39 is 5.38 Å². The highest BCUT2D eigenvalue weighted by Crippen LogP contribution is 2.20. The third kappa shape index (κ3) is 3.95. The third-order valence-electron chi connectivity index (χ3n) is 3.15. The van der Waals surface area contributed by atoms with Crippen molar-refractivity contribution in [1.29, 1.82) is 0 Å². The highest BCUT2D eigenvalue weighted by molar-refractivity contribution is 6.30. The molecule has 0 aromatic heterocycles. The molecule has 1 aliphatic heterocycles. The summed E-state index contributed by atoms with van der Waals surface area (Å²) in [6, 6.07) is 0.298. The molecule has 0 aromatic rings. The highest BCUT2D eigenvalue weighted by Gasteiger charge is 2.27. The molecule has 1 rings (SSSR count). The van der Waals surface area contributed by atoms with Crippen molar-refractivity contribution in [3.8, 4) is 0 Å². The van der Waals surface area contributed by atoms with Gasteiger partial charge in [0.1, 0.15) is 5.38 Å². The minimum absolute atomic E-state index is 0.0455. The summed E-state index contributed by atoms with van der Waals surface area (Å²) in [4.78, 5) is 13.9. The predicted molar refractivity (Wildman–Crippen MR) is 67.8 cm³/mol. The lowest BCUT2D eigenvalue weighted by atomic mass is 9.98. The van der Waals surface area contributed by atoms with E-state index in [0.717, 1.165) is 25.9 Å². The zero-order chi connectivity index (χ0) is 12.3. The van der Waals surface area contributed by atoms with Crippen molar-refractivity contribution >= 4 is 17.5 Å². The summed E-state index contributed by atoms with van der Waals surface area (Å²) < 4.78 is 0. The van der Waals surface area contributed by atoms with Crippen LogP contribution in [0, 0.1) is 0 Å². The zero-order valence-electron chi connectivity index (χ0n) is 10.7. The Morgan fingerprint density at radius 2 is 1.88 bits per heavy atom. The van der Waals surface area contributed by atoms with Crippen LogP contribution < -0.4 is 5.32 Å². The Bertz CT molecular complexity index is 240. The number of carbonyl (C=O) groups excluding carboxylic acids is 1. The maximum Gasteiger partial charge on any atom is 0.237 e. The van der Waals surface area contributed by atoms with Crippen molar-refractivity contribution < 1.29 is 4.79 Å². The highest BCUT2D eigenvalue weighted by atomic mass is 35.5. The third-order valence-corrected chi connectivity index (χ3v) is 3.35. The Hall–Kier alpha value is -0.280. The van der Waals surface area contributed by atoms with Crippen molar-refractivity contribution in [2.24, 2.45) is 0 Å². The van der Waals surface area contributed by atoms with Gasteiger partial charge in [-0.05, 0) is 40.5 Å². The molecule has 0 aromatic carbocycles. The fraction of sp³-hybridized carbons (Fsp3) is 0.917. The fourth-order valence-corrected chi connectivity index (χ4v) is 2.07. The first kappa shape index (κ1) is 13.8. The van der Waals surface area contributed by atoms with Gasteiger partial charge >= 0.3 is 0 Å². The Morgan fingerprint density at radius 3 is 2.25 bits per heavy atom. The zero-order valence-corrected chi connectivity index (χ0v) is 11.5. The smallest absolute Gasteiger partial charge is 0.237 e. The second-order valence-corrected chi connectivity index (χ2v) is 6.21. The number of likely N-dealkylation sites (tertiary alicyclic amines) is 1. The molecule has 4 heteroatoms. The fourth-order valence-electron chi connectivity index (χ4n) is 2.01. The number of halogens is 1. The van der Waals surface area contributed by atoms with Crippen LogP contribution in [-0.2, 0) is 4.79 Å². The maximum absolute atomic E-state index is 11.4. The van der Waals surface area contributed by atoms with E-state index in [1.807, 2.05) is 0 Å². The maximum atomic E-state index is 11.4. The van der Waals surface area contributed by atoms with Gasteiger partial charge in [-0.1, -0.05) is 0 Å². The molecule has 16 heavy (non-hydrogen) atoms. The van der Waals surface area contributed by atoms with Gasteiger partial charge in [0.25, 0.3) is 0 Å². The molecule has 3 nitrogen and oxygen atoms in total. The first-order valence-electron chi connectivity index (χ1n) is 6.00. The quantitative estimate of drug-likeness (QED) is 0.756. The van der Waals surface area contributed by atoms with E-state index in [-0.39, 0.29) is 11.4 Å². The summed E-state index contributed by atoms with van der Waals surface area (Å²) in [5, 5.41) is 2.56. The first-order valence-corrected chi connectivity index (χ1v) is 6.44. The number of nitrogens with one attached hydrogen (secondary N) is 1. The van der Waals surface area contributed by atoms with Crippen LogP contribution in [0.2, 0.25) is 0 Å². The van der Waals surface area contributed by atoms with E-state index in [9.17, 15) is 4.79 Å². The molecule has 1 atom stereocenters. The molecule has 1 saturated heterocycles. The van der Waals surface area contributed by atoms with Crippen LogP contribution in [0.25, 0.3) is 0 Å². The SMILES string of the molecule is CC(Cl)C(=O)NC1CCN(C(C)(C)C)CC1. The lowest BCUT2D eigenvalue weighted by molar-refractivity contribution is -0.121. The Balaban J connectivity index is 2.35. The number of amides is 1. The first-order chi connectivity index (χ1) is 7.30. The van der Waals surface area contributed by atoms with Crippen molar-refractivity contribution in [2.45, 2.75) is 57.5 Å². The van der Waals surface area contributed by atoms with Gasteiger partial charge in [0.05, 0.1) is 0 Å². The van der Waals surface area contributed by atoms with Crippen molar-refractivity contribution in [2.75, 3.05) is 13.1 Å². The molecule has 0 bridgehead atoms. The van der Waals surface area contributed by atoms with Crippen LogP contribution >= 0.6 is 11.6 Å². The summed E-state index contributed by atoms with van der Waals surface area (Å²) in [6.45, 7) is 10.5. The van der Waals surface area contributed by atoms with E-state index in [0.29, 0.717) is 6.04 Å². The largest absolute Gasteiger partial charge is 0.352 e. The van der Waals surface area contributed by atoms with Gasteiger partial charge in [-0.3, -0.25) is 9.69 Å². The average molecular weight is 247 g/mol. The minimum atomic E-state index is -0.430.